The fourth-order valence-electron chi connectivity index (χ4n) is 8.28. The van der Waals surface area contributed by atoms with Gasteiger partial charge in [0.25, 0.3) is 0 Å². The zero-order valence-corrected chi connectivity index (χ0v) is 25.2. The summed E-state index contributed by atoms with van der Waals surface area (Å²) >= 11 is 0. The number of allylic oxidation sites excluding steroid dienone is 1. The van der Waals surface area contributed by atoms with Crippen molar-refractivity contribution >= 4 is 8.32 Å². The smallest absolute Gasteiger partial charge is 0.192 e. The summed E-state index contributed by atoms with van der Waals surface area (Å²) in [5, 5.41) is 23.4. The average molecular weight is 521 g/mol. The number of aliphatic hydroxyl groups excluding tert-OH is 1. The summed E-state index contributed by atoms with van der Waals surface area (Å²) in [7, 11) is -1.86. The molecular formula is C30H52O5Si. The van der Waals surface area contributed by atoms with Gasteiger partial charge >= 0.3 is 0 Å². The summed E-state index contributed by atoms with van der Waals surface area (Å²) < 4.78 is 19.7. The van der Waals surface area contributed by atoms with E-state index in [-0.39, 0.29) is 22.5 Å². The SMILES string of the molecule is CC1(C)COC2(CC[C@]3(CO)C4=CC[C@]5(C)[C@@H](O[Si](C)(C)C(C)(C)C)CC[C@H]5C4CC[C@@]3(O)C2)OC1. The first kappa shape index (κ1) is 27.3. The zero-order valence-electron chi connectivity index (χ0n) is 24.2. The number of hydrogen-bond donors (Lipinski definition) is 2. The normalized spacial score (nSPS) is 43.9. The van der Waals surface area contributed by atoms with Gasteiger partial charge in [-0.1, -0.05) is 53.2 Å². The first-order chi connectivity index (χ1) is 16.5. The molecule has 2 N–H and O–H groups in total. The molecule has 1 saturated heterocycles. The summed E-state index contributed by atoms with van der Waals surface area (Å²) in [5.41, 5.74) is -0.111. The molecular weight excluding hydrogens is 468 g/mol. The Morgan fingerprint density at radius 1 is 1.03 bits per heavy atom. The van der Waals surface area contributed by atoms with Crippen molar-refractivity contribution in [1.82, 2.24) is 0 Å². The van der Waals surface area contributed by atoms with E-state index in [4.69, 9.17) is 13.9 Å². The van der Waals surface area contributed by atoms with E-state index in [1.807, 2.05) is 0 Å². The molecule has 5 rings (SSSR count). The first-order valence-corrected chi connectivity index (χ1v) is 17.4. The Labute approximate surface area is 220 Å². The minimum Gasteiger partial charge on any atom is -0.413 e. The molecule has 206 valence electrons. The molecule has 0 radical (unpaired) electrons. The summed E-state index contributed by atoms with van der Waals surface area (Å²) in [6.07, 6.45) is 9.60. The van der Waals surface area contributed by atoms with Crippen molar-refractivity contribution in [2.45, 2.75) is 129 Å². The maximum absolute atomic E-state index is 12.2. The van der Waals surface area contributed by atoms with Gasteiger partial charge in [0.2, 0.25) is 0 Å². The third-order valence-electron chi connectivity index (χ3n) is 11.7. The molecule has 1 unspecified atom stereocenters. The van der Waals surface area contributed by atoms with Crippen LogP contribution in [-0.4, -0.2) is 55.8 Å². The Kier molecular flexibility index (Phi) is 6.36. The molecule has 0 aromatic rings. The second kappa shape index (κ2) is 8.38. The van der Waals surface area contributed by atoms with Gasteiger partial charge in [-0.3, -0.25) is 0 Å². The second-order valence-corrected chi connectivity index (χ2v) is 20.4. The maximum Gasteiger partial charge on any atom is 0.192 e. The number of fused-ring (bicyclic) bond motifs is 5. The highest BCUT2D eigenvalue weighted by molar-refractivity contribution is 6.74. The molecule has 4 aliphatic carbocycles. The van der Waals surface area contributed by atoms with E-state index in [1.54, 1.807) is 0 Å². The maximum atomic E-state index is 12.2. The van der Waals surface area contributed by atoms with E-state index in [0.29, 0.717) is 44.0 Å². The van der Waals surface area contributed by atoms with E-state index in [9.17, 15) is 10.2 Å². The molecule has 5 aliphatic rings. The van der Waals surface area contributed by atoms with Crippen molar-refractivity contribution in [3.05, 3.63) is 11.6 Å². The number of ether oxygens (including phenoxy) is 2. The Morgan fingerprint density at radius 2 is 1.69 bits per heavy atom. The van der Waals surface area contributed by atoms with Crippen molar-refractivity contribution in [2.24, 2.45) is 28.1 Å². The van der Waals surface area contributed by atoms with Gasteiger partial charge in [0, 0.05) is 23.7 Å². The summed E-state index contributed by atoms with van der Waals surface area (Å²) in [5.74, 6) is 0.263. The Bertz CT molecular complexity index is 896. The van der Waals surface area contributed by atoms with Crippen LogP contribution in [0.15, 0.2) is 11.6 Å². The minimum absolute atomic E-state index is 0.000732. The monoisotopic (exact) mass is 520 g/mol. The molecule has 6 atom stereocenters. The quantitative estimate of drug-likeness (QED) is 0.343. The van der Waals surface area contributed by atoms with Gasteiger partial charge in [-0.15, -0.1) is 0 Å². The van der Waals surface area contributed by atoms with Gasteiger partial charge in [0.05, 0.1) is 31.5 Å². The van der Waals surface area contributed by atoms with Gasteiger partial charge in [-0.25, -0.2) is 0 Å². The minimum atomic E-state index is -1.86. The summed E-state index contributed by atoms with van der Waals surface area (Å²) in [4.78, 5) is 0. The third kappa shape index (κ3) is 3.95. The van der Waals surface area contributed by atoms with E-state index in [0.717, 1.165) is 32.1 Å². The Hall–Kier alpha value is -0.243. The lowest BCUT2D eigenvalue weighted by Gasteiger charge is -2.63. The Morgan fingerprint density at radius 3 is 2.31 bits per heavy atom. The van der Waals surface area contributed by atoms with Crippen LogP contribution in [-0.2, 0) is 13.9 Å². The number of rotatable bonds is 3. The molecule has 1 heterocycles. The lowest BCUT2D eigenvalue weighted by molar-refractivity contribution is -0.345. The highest BCUT2D eigenvalue weighted by atomic mass is 28.4. The summed E-state index contributed by atoms with van der Waals surface area (Å²) in [6, 6.07) is 0. The van der Waals surface area contributed by atoms with Crippen LogP contribution in [0.4, 0.5) is 0 Å². The molecule has 36 heavy (non-hydrogen) atoms. The lowest BCUT2D eigenvalue weighted by Crippen LogP contribution is -2.66. The number of aliphatic hydroxyl groups is 2. The van der Waals surface area contributed by atoms with E-state index < -0.39 is 25.1 Å². The van der Waals surface area contributed by atoms with Crippen molar-refractivity contribution in [3.8, 4) is 0 Å². The number of hydrogen-bond acceptors (Lipinski definition) is 5. The Balaban J connectivity index is 1.42. The van der Waals surface area contributed by atoms with Crippen LogP contribution in [0, 0.1) is 28.1 Å². The highest BCUT2D eigenvalue weighted by Crippen LogP contribution is 2.67. The molecule has 0 amide bonds. The lowest BCUT2D eigenvalue weighted by atomic mass is 9.46. The predicted molar refractivity (Wildman–Crippen MR) is 145 cm³/mol. The molecule has 0 bridgehead atoms. The van der Waals surface area contributed by atoms with Crippen molar-refractivity contribution < 1.29 is 24.1 Å². The second-order valence-electron chi connectivity index (χ2n) is 15.7. The fraction of sp³-hybridized carbons (Fsp3) is 0.933. The van der Waals surface area contributed by atoms with Gasteiger partial charge < -0.3 is 24.1 Å². The third-order valence-corrected chi connectivity index (χ3v) is 16.2. The van der Waals surface area contributed by atoms with Crippen LogP contribution in [0.3, 0.4) is 0 Å². The molecule has 1 spiro atoms. The van der Waals surface area contributed by atoms with Crippen LogP contribution < -0.4 is 0 Å². The van der Waals surface area contributed by atoms with E-state index >= 15 is 0 Å². The molecule has 4 fully saturated rings. The first-order valence-electron chi connectivity index (χ1n) is 14.5. The van der Waals surface area contributed by atoms with Gasteiger partial charge in [0.15, 0.2) is 14.1 Å². The van der Waals surface area contributed by atoms with Crippen LogP contribution in [0.5, 0.6) is 0 Å². The zero-order chi connectivity index (χ0) is 26.4. The van der Waals surface area contributed by atoms with Gasteiger partial charge in [-0.2, -0.15) is 0 Å². The van der Waals surface area contributed by atoms with Crippen LogP contribution >= 0.6 is 0 Å². The van der Waals surface area contributed by atoms with Crippen LogP contribution in [0.2, 0.25) is 18.1 Å². The largest absolute Gasteiger partial charge is 0.413 e. The topological polar surface area (TPSA) is 68.2 Å². The molecule has 6 heteroatoms. The van der Waals surface area contributed by atoms with Crippen molar-refractivity contribution in [1.29, 1.82) is 0 Å². The van der Waals surface area contributed by atoms with Gasteiger partial charge in [-0.05, 0) is 73.9 Å². The molecule has 0 aromatic heterocycles. The fourth-order valence-corrected chi connectivity index (χ4v) is 9.73. The standard InChI is InChI=1S/C30H52O5Si/c1-25(2,3)36(7,8)35-24-10-9-22-21-11-14-29(32)17-30(33-19-26(4,5)20-34-30)16-15-28(29,18-31)23(21)12-13-27(22,24)6/h12,21-22,24,31-32H,9-11,13-20H2,1-8H3/t21?,22-,24-,27-,28-,29+/m0/s1. The van der Waals surface area contributed by atoms with Crippen LogP contribution in [0.25, 0.3) is 0 Å². The summed E-state index contributed by atoms with van der Waals surface area (Å²) in [6.45, 7) is 19.8. The molecule has 3 saturated carbocycles. The molecule has 5 nitrogen and oxygen atoms in total. The average Bonchev–Trinajstić information content (AvgIpc) is 3.10. The van der Waals surface area contributed by atoms with E-state index in [2.05, 4.69) is 60.7 Å². The molecule has 0 aromatic carbocycles. The van der Waals surface area contributed by atoms with E-state index in [1.165, 1.54) is 12.0 Å². The van der Waals surface area contributed by atoms with Crippen LogP contribution in [0.1, 0.15) is 92.9 Å². The van der Waals surface area contributed by atoms with Crippen molar-refractivity contribution in [3.63, 3.8) is 0 Å². The van der Waals surface area contributed by atoms with Gasteiger partial charge in [0.1, 0.15) is 0 Å². The highest BCUT2D eigenvalue weighted by Gasteiger charge is 2.67. The predicted octanol–water partition coefficient (Wildman–Crippen LogP) is 6.20. The van der Waals surface area contributed by atoms with Crippen molar-refractivity contribution in [2.75, 3.05) is 19.8 Å². The molecule has 1 aliphatic heterocycles.